The van der Waals surface area contributed by atoms with Crippen LogP contribution in [0.15, 0.2) is 60.7 Å². The van der Waals surface area contributed by atoms with Crippen molar-refractivity contribution in [2.45, 2.75) is 19.4 Å². The fourth-order valence-corrected chi connectivity index (χ4v) is 6.15. The molecule has 2 aromatic carbocycles. The first-order valence-electron chi connectivity index (χ1n) is 11.0. The van der Waals surface area contributed by atoms with E-state index in [-0.39, 0.29) is 29.1 Å². The Hall–Kier alpha value is -3.72. The molecule has 1 fully saturated rings. The molecule has 1 atom stereocenters. The molecular weight excluding hydrogens is 452 g/mol. The van der Waals surface area contributed by atoms with Gasteiger partial charge < -0.3 is 14.6 Å². The number of pyridine rings is 1. The summed E-state index contributed by atoms with van der Waals surface area (Å²) in [5.74, 6) is 1.13. The van der Waals surface area contributed by atoms with E-state index < -0.39 is 9.84 Å². The average Bonchev–Trinajstić information content (AvgIpc) is 3.36. The highest BCUT2D eigenvalue weighted by atomic mass is 32.2. The number of ether oxygens (including phenoxy) is 1. The Bertz CT molecular complexity index is 1500. The van der Waals surface area contributed by atoms with Crippen molar-refractivity contribution >= 4 is 32.5 Å². The molecule has 1 aliphatic heterocycles. The summed E-state index contributed by atoms with van der Waals surface area (Å²) in [5, 5.41) is 2.89. The number of hydrogen-bond donors (Lipinski definition) is 1. The maximum absolute atomic E-state index is 13.3. The molecule has 1 saturated heterocycles. The number of methoxy groups -OCH3 is 1. The molecule has 8 nitrogen and oxygen atoms in total. The molecule has 9 heteroatoms. The first-order chi connectivity index (χ1) is 16.3. The molecule has 1 N–H and O–H groups in total. The molecular formula is C25H24N4O4S. The van der Waals surface area contributed by atoms with Crippen LogP contribution >= 0.6 is 0 Å². The number of anilines is 1. The molecule has 0 bridgehead atoms. The first kappa shape index (κ1) is 22.1. The zero-order valence-corrected chi connectivity index (χ0v) is 19.7. The number of aromatic nitrogens is 3. The Morgan fingerprint density at radius 2 is 1.88 bits per heavy atom. The lowest BCUT2D eigenvalue weighted by Gasteiger charge is -2.15. The summed E-state index contributed by atoms with van der Waals surface area (Å²) < 4.78 is 31.7. The number of nitrogens with one attached hydrogen (secondary N) is 1. The molecule has 2 aromatic heterocycles. The molecule has 0 radical (unpaired) electrons. The van der Waals surface area contributed by atoms with Gasteiger partial charge in [0.2, 0.25) is 0 Å². The third kappa shape index (κ3) is 4.14. The zero-order chi connectivity index (χ0) is 23.9. The van der Waals surface area contributed by atoms with Gasteiger partial charge in [-0.2, -0.15) is 0 Å². The zero-order valence-electron chi connectivity index (χ0n) is 18.9. The van der Waals surface area contributed by atoms with E-state index in [1.807, 2.05) is 60.0 Å². The lowest BCUT2D eigenvalue weighted by atomic mass is 10.1. The number of nitrogens with zero attached hydrogens (tertiary/aromatic N) is 3. The highest BCUT2D eigenvalue weighted by Crippen LogP contribution is 2.33. The van der Waals surface area contributed by atoms with E-state index in [0.29, 0.717) is 40.4 Å². The Morgan fingerprint density at radius 1 is 1.09 bits per heavy atom. The molecule has 0 aliphatic carbocycles. The molecule has 0 saturated carbocycles. The molecule has 174 valence electrons. The van der Waals surface area contributed by atoms with E-state index in [9.17, 15) is 13.2 Å². The second-order valence-electron chi connectivity index (χ2n) is 8.36. The number of fused-ring (bicyclic) bond motifs is 1. The number of rotatable bonds is 5. The van der Waals surface area contributed by atoms with Crippen molar-refractivity contribution in [1.82, 2.24) is 14.5 Å². The second-order valence-corrected chi connectivity index (χ2v) is 10.6. The Labute approximate surface area is 197 Å². The number of benzene rings is 2. The van der Waals surface area contributed by atoms with Gasteiger partial charge in [-0.25, -0.2) is 18.4 Å². The van der Waals surface area contributed by atoms with Crippen LogP contribution in [0.2, 0.25) is 0 Å². The monoisotopic (exact) mass is 476 g/mol. The van der Waals surface area contributed by atoms with Gasteiger partial charge in [-0.1, -0.05) is 30.3 Å². The average molecular weight is 477 g/mol. The molecule has 0 spiro atoms. The van der Waals surface area contributed by atoms with Crippen LogP contribution in [0, 0.1) is 6.92 Å². The predicted molar refractivity (Wildman–Crippen MR) is 131 cm³/mol. The van der Waals surface area contributed by atoms with Gasteiger partial charge in [0.05, 0.1) is 35.9 Å². The van der Waals surface area contributed by atoms with Crippen molar-refractivity contribution in [3.63, 3.8) is 0 Å². The second kappa shape index (κ2) is 8.57. The molecule has 1 amide bonds. The Kier molecular flexibility index (Phi) is 5.57. The fraction of sp³-hybridized carbons (Fsp3) is 0.240. The molecule has 34 heavy (non-hydrogen) atoms. The minimum Gasteiger partial charge on any atom is -0.497 e. The number of sulfone groups is 1. The molecule has 1 unspecified atom stereocenters. The number of carbonyl (C=O) groups is 1. The molecule has 3 heterocycles. The minimum absolute atomic E-state index is 0.0572. The van der Waals surface area contributed by atoms with Crippen molar-refractivity contribution in [2.24, 2.45) is 0 Å². The number of imidazole rings is 1. The van der Waals surface area contributed by atoms with Crippen LogP contribution in [0.25, 0.3) is 22.3 Å². The van der Waals surface area contributed by atoms with Crippen LogP contribution in [0.1, 0.15) is 28.8 Å². The summed E-state index contributed by atoms with van der Waals surface area (Å²) in [7, 11) is -1.51. The van der Waals surface area contributed by atoms with E-state index in [4.69, 9.17) is 9.72 Å². The van der Waals surface area contributed by atoms with Crippen molar-refractivity contribution in [3.8, 4) is 17.0 Å². The summed E-state index contributed by atoms with van der Waals surface area (Å²) in [5.41, 5.74) is 3.31. The van der Waals surface area contributed by atoms with Crippen LogP contribution in [-0.2, 0) is 9.84 Å². The normalized spacial score (nSPS) is 17.1. The standard InChI is InChI=1S/C25H24N4O4S/c1-16-26-23-22(29(16)19-11-12-34(31,32)15-19)14-21(17-7-6-10-20(13-17)33-2)28-24(23)25(30)27-18-8-4-3-5-9-18/h3-10,13-14,19H,11-12,15H2,1-2H3,(H,27,30). The number of hydrogen-bond acceptors (Lipinski definition) is 6. The Balaban J connectivity index is 1.69. The van der Waals surface area contributed by atoms with Crippen molar-refractivity contribution in [1.29, 1.82) is 0 Å². The molecule has 1 aliphatic rings. The first-order valence-corrected chi connectivity index (χ1v) is 12.8. The number of aryl methyl sites for hydroxylation is 1. The number of carbonyl (C=O) groups excluding carboxylic acids is 1. The van der Waals surface area contributed by atoms with Gasteiger partial charge in [-0.15, -0.1) is 0 Å². The van der Waals surface area contributed by atoms with Gasteiger partial charge in [0.25, 0.3) is 5.91 Å². The highest BCUT2D eigenvalue weighted by molar-refractivity contribution is 7.91. The van der Waals surface area contributed by atoms with E-state index in [1.165, 1.54) is 0 Å². The van der Waals surface area contributed by atoms with E-state index in [2.05, 4.69) is 10.3 Å². The third-order valence-corrected chi connectivity index (χ3v) is 7.79. The lowest BCUT2D eigenvalue weighted by molar-refractivity contribution is 0.102. The largest absolute Gasteiger partial charge is 0.497 e. The van der Waals surface area contributed by atoms with Gasteiger partial charge in [0, 0.05) is 11.3 Å². The van der Waals surface area contributed by atoms with Crippen LogP contribution in [-0.4, -0.2) is 47.5 Å². The number of para-hydroxylation sites is 1. The maximum atomic E-state index is 13.3. The summed E-state index contributed by atoms with van der Waals surface area (Å²) in [4.78, 5) is 22.7. The molecule has 5 rings (SSSR count). The van der Waals surface area contributed by atoms with Crippen LogP contribution in [0.5, 0.6) is 5.75 Å². The quantitative estimate of drug-likeness (QED) is 0.467. The predicted octanol–water partition coefficient (Wildman–Crippen LogP) is 4.03. The van der Waals surface area contributed by atoms with Crippen LogP contribution in [0.4, 0.5) is 5.69 Å². The smallest absolute Gasteiger partial charge is 0.276 e. The summed E-state index contributed by atoms with van der Waals surface area (Å²) in [6.07, 6.45) is 0.511. The van der Waals surface area contributed by atoms with E-state index in [0.717, 1.165) is 5.56 Å². The Morgan fingerprint density at radius 3 is 2.59 bits per heavy atom. The van der Waals surface area contributed by atoms with Crippen LogP contribution < -0.4 is 10.1 Å². The highest BCUT2D eigenvalue weighted by Gasteiger charge is 2.32. The van der Waals surface area contributed by atoms with Gasteiger partial charge in [-0.3, -0.25) is 4.79 Å². The summed E-state index contributed by atoms with van der Waals surface area (Å²) >= 11 is 0. The van der Waals surface area contributed by atoms with Gasteiger partial charge in [0.15, 0.2) is 15.5 Å². The van der Waals surface area contributed by atoms with Gasteiger partial charge in [0.1, 0.15) is 17.1 Å². The van der Waals surface area contributed by atoms with Gasteiger partial charge >= 0.3 is 0 Å². The van der Waals surface area contributed by atoms with E-state index in [1.54, 1.807) is 19.2 Å². The minimum atomic E-state index is -3.11. The third-order valence-electron chi connectivity index (χ3n) is 6.04. The van der Waals surface area contributed by atoms with Gasteiger partial charge in [-0.05, 0) is 43.7 Å². The SMILES string of the molecule is COc1cccc(-c2cc3c(nc(C)n3C3CCS(=O)(=O)C3)c(C(=O)Nc3ccccc3)n2)c1. The van der Waals surface area contributed by atoms with Crippen molar-refractivity contribution < 1.29 is 17.9 Å². The summed E-state index contributed by atoms with van der Waals surface area (Å²) in [6, 6.07) is 18.2. The van der Waals surface area contributed by atoms with Crippen molar-refractivity contribution in [3.05, 3.63) is 72.2 Å². The van der Waals surface area contributed by atoms with E-state index >= 15 is 0 Å². The molecule has 4 aromatic rings. The van der Waals surface area contributed by atoms with Crippen LogP contribution in [0.3, 0.4) is 0 Å². The number of amides is 1. The maximum Gasteiger partial charge on any atom is 0.276 e. The topological polar surface area (TPSA) is 103 Å². The van der Waals surface area contributed by atoms with Crippen molar-refractivity contribution in [2.75, 3.05) is 23.9 Å². The fourth-order valence-electron chi connectivity index (χ4n) is 4.45. The lowest BCUT2D eigenvalue weighted by Crippen LogP contribution is -2.15. The summed E-state index contributed by atoms with van der Waals surface area (Å²) in [6.45, 7) is 1.83.